The summed E-state index contributed by atoms with van der Waals surface area (Å²) in [5.74, 6) is -1.15. The van der Waals surface area contributed by atoms with E-state index in [4.69, 9.17) is 0 Å². The number of nitrogens with zero attached hydrogens (tertiary/aromatic N) is 2. The van der Waals surface area contributed by atoms with Crippen LogP contribution in [-0.4, -0.2) is 52.7 Å². The zero-order chi connectivity index (χ0) is 29.6. The van der Waals surface area contributed by atoms with Gasteiger partial charge in [-0.2, -0.15) is 0 Å². The molecule has 0 atom stereocenters. The molecular formula is C34H37F2N3O3. The van der Waals surface area contributed by atoms with Gasteiger partial charge in [0.05, 0.1) is 0 Å². The molecule has 0 spiro atoms. The number of carbonyl (C=O) groups is 3. The van der Waals surface area contributed by atoms with E-state index < -0.39 is 0 Å². The topological polar surface area (TPSA) is 69.7 Å². The van der Waals surface area contributed by atoms with Crippen molar-refractivity contribution in [2.75, 3.05) is 13.1 Å². The van der Waals surface area contributed by atoms with Gasteiger partial charge in [-0.05, 0) is 99.5 Å². The maximum absolute atomic E-state index is 13.6. The van der Waals surface area contributed by atoms with Gasteiger partial charge in [0.1, 0.15) is 11.6 Å². The van der Waals surface area contributed by atoms with Gasteiger partial charge in [-0.25, -0.2) is 8.78 Å². The van der Waals surface area contributed by atoms with Crippen molar-refractivity contribution in [3.8, 4) is 0 Å². The lowest BCUT2D eigenvalue weighted by atomic mass is 9.88. The first-order chi connectivity index (χ1) is 20.3. The molecule has 2 fully saturated rings. The molecule has 1 aliphatic heterocycles. The first-order valence-electron chi connectivity index (χ1n) is 14.7. The van der Waals surface area contributed by atoms with E-state index in [1.54, 1.807) is 4.90 Å². The van der Waals surface area contributed by atoms with Crippen molar-refractivity contribution < 1.29 is 23.2 Å². The Morgan fingerprint density at radius 1 is 0.810 bits per heavy atom. The number of piperidine rings is 1. The van der Waals surface area contributed by atoms with Gasteiger partial charge in [0.15, 0.2) is 0 Å². The standard InChI is InChI=1S/C34H37F2N3O3/c1-23-3-2-4-24(21-23)22-39(34(42)27-7-11-29(36)12-8-27)31-15-13-30(14-16-31)37-32(40)25-17-19-38(20-18-25)33(41)26-5-9-28(35)10-6-26/h2-12,21,25,30-31H,13-20,22H2,1H3,(H,37,40). The molecule has 0 unspecified atom stereocenters. The van der Waals surface area contributed by atoms with E-state index in [2.05, 4.69) is 11.4 Å². The van der Waals surface area contributed by atoms with Crippen LogP contribution in [0.2, 0.25) is 0 Å². The summed E-state index contributed by atoms with van der Waals surface area (Å²) in [6.07, 6.45) is 4.22. The Morgan fingerprint density at radius 3 is 2.00 bits per heavy atom. The summed E-state index contributed by atoms with van der Waals surface area (Å²) >= 11 is 0. The summed E-state index contributed by atoms with van der Waals surface area (Å²) in [6.45, 7) is 3.46. The molecule has 1 N–H and O–H groups in total. The average molecular weight is 574 g/mol. The van der Waals surface area contributed by atoms with Crippen molar-refractivity contribution in [3.05, 3.63) is 107 Å². The summed E-state index contributed by atoms with van der Waals surface area (Å²) in [6, 6.07) is 19.4. The Hall–Kier alpha value is -4.07. The molecule has 5 rings (SSSR count). The number of halogens is 2. The molecule has 6 nitrogen and oxygen atoms in total. The molecular weight excluding hydrogens is 536 g/mol. The second kappa shape index (κ2) is 13.3. The van der Waals surface area contributed by atoms with Crippen LogP contribution >= 0.6 is 0 Å². The van der Waals surface area contributed by atoms with Crippen LogP contribution in [0.25, 0.3) is 0 Å². The highest BCUT2D eigenvalue weighted by atomic mass is 19.1. The minimum atomic E-state index is -0.380. The van der Waals surface area contributed by atoms with Gasteiger partial charge in [0.2, 0.25) is 5.91 Å². The fourth-order valence-corrected chi connectivity index (χ4v) is 6.10. The van der Waals surface area contributed by atoms with Crippen molar-refractivity contribution >= 4 is 17.7 Å². The van der Waals surface area contributed by atoms with Crippen molar-refractivity contribution in [3.63, 3.8) is 0 Å². The molecule has 42 heavy (non-hydrogen) atoms. The highest BCUT2D eigenvalue weighted by Gasteiger charge is 2.33. The fraction of sp³-hybridized carbons (Fsp3) is 0.382. The molecule has 1 heterocycles. The number of likely N-dealkylation sites (tertiary alicyclic amines) is 1. The SMILES string of the molecule is Cc1cccc(CN(C(=O)c2ccc(F)cc2)C2CCC(NC(=O)C3CCN(C(=O)c4ccc(F)cc4)CC3)CC2)c1. The molecule has 3 aromatic carbocycles. The van der Waals surface area contributed by atoms with Crippen LogP contribution in [0.5, 0.6) is 0 Å². The van der Waals surface area contributed by atoms with Crippen LogP contribution < -0.4 is 5.32 Å². The first-order valence-corrected chi connectivity index (χ1v) is 14.7. The van der Waals surface area contributed by atoms with E-state index in [0.29, 0.717) is 43.6 Å². The lowest BCUT2D eigenvalue weighted by Gasteiger charge is -2.38. The summed E-state index contributed by atoms with van der Waals surface area (Å²) < 4.78 is 26.7. The van der Waals surface area contributed by atoms with E-state index in [9.17, 15) is 23.2 Å². The Bertz CT molecular complexity index is 1390. The minimum absolute atomic E-state index is 0.0110. The van der Waals surface area contributed by atoms with E-state index in [1.807, 2.05) is 30.0 Å². The normalized spacial score (nSPS) is 19.3. The second-order valence-corrected chi connectivity index (χ2v) is 11.5. The second-order valence-electron chi connectivity index (χ2n) is 11.5. The highest BCUT2D eigenvalue weighted by molar-refractivity contribution is 5.95. The van der Waals surface area contributed by atoms with E-state index in [-0.39, 0.29) is 47.4 Å². The Labute approximate surface area is 245 Å². The summed E-state index contributed by atoms with van der Waals surface area (Å²) in [4.78, 5) is 43.0. The monoisotopic (exact) mass is 573 g/mol. The van der Waals surface area contributed by atoms with Gasteiger partial charge < -0.3 is 15.1 Å². The van der Waals surface area contributed by atoms with Crippen LogP contribution in [0, 0.1) is 24.5 Å². The first kappa shape index (κ1) is 29.4. The van der Waals surface area contributed by atoms with E-state index in [0.717, 1.165) is 36.8 Å². The molecule has 220 valence electrons. The zero-order valence-corrected chi connectivity index (χ0v) is 23.9. The Morgan fingerprint density at radius 2 is 1.40 bits per heavy atom. The molecule has 2 aliphatic rings. The third-order valence-corrected chi connectivity index (χ3v) is 8.52. The van der Waals surface area contributed by atoms with Crippen molar-refractivity contribution in [1.29, 1.82) is 0 Å². The number of carbonyl (C=O) groups excluding carboxylic acids is 3. The third kappa shape index (κ3) is 7.22. The summed E-state index contributed by atoms with van der Waals surface area (Å²) in [7, 11) is 0. The van der Waals surface area contributed by atoms with Gasteiger partial charge in [-0.15, -0.1) is 0 Å². The van der Waals surface area contributed by atoms with Gasteiger partial charge in [-0.3, -0.25) is 14.4 Å². The van der Waals surface area contributed by atoms with Crippen LogP contribution in [0.15, 0.2) is 72.8 Å². The largest absolute Gasteiger partial charge is 0.353 e. The van der Waals surface area contributed by atoms with Gasteiger partial charge in [0, 0.05) is 48.8 Å². The quantitative estimate of drug-likeness (QED) is 0.383. The Kier molecular flexibility index (Phi) is 9.30. The predicted molar refractivity (Wildman–Crippen MR) is 157 cm³/mol. The molecule has 1 aliphatic carbocycles. The highest BCUT2D eigenvalue weighted by Crippen LogP contribution is 2.28. The van der Waals surface area contributed by atoms with Gasteiger partial charge >= 0.3 is 0 Å². The maximum Gasteiger partial charge on any atom is 0.254 e. The van der Waals surface area contributed by atoms with Crippen LogP contribution in [0.4, 0.5) is 8.78 Å². The summed E-state index contributed by atoms with van der Waals surface area (Å²) in [5.41, 5.74) is 3.08. The zero-order valence-electron chi connectivity index (χ0n) is 23.9. The molecule has 1 saturated carbocycles. The third-order valence-electron chi connectivity index (χ3n) is 8.52. The molecule has 3 aromatic rings. The number of benzene rings is 3. The van der Waals surface area contributed by atoms with E-state index >= 15 is 0 Å². The number of amides is 3. The minimum Gasteiger partial charge on any atom is -0.353 e. The molecule has 1 saturated heterocycles. The lowest BCUT2D eigenvalue weighted by Crippen LogP contribution is -2.48. The van der Waals surface area contributed by atoms with Crippen LogP contribution in [0.1, 0.15) is 70.4 Å². The van der Waals surface area contributed by atoms with Gasteiger partial charge in [-0.1, -0.05) is 29.8 Å². The Balaban J connectivity index is 1.15. The lowest BCUT2D eigenvalue weighted by molar-refractivity contribution is -0.127. The predicted octanol–water partition coefficient (Wildman–Crippen LogP) is 5.90. The van der Waals surface area contributed by atoms with Crippen molar-refractivity contribution in [2.45, 2.75) is 64.1 Å². The molecule has 0 aromatic heterocycles. The summed E-state index contributed by atoms with van der Waals surface area (Å²) in [5, 5.41) is 3.23. The van der Waals surface area contributed by atoms with Crippen LogP contribution in [-0.2, 0) is 11.3 Å². The fourth-order valence-electron chi connectivity index (χ4n) is 6.10. The number of hydrogen-bond donors (Lipinski definition) is 1. The average Bonchev–Trinajstić information content (AvgIpc) is 3.00. The number of rotatable bonds is 7. The number of nitrogens with one attached hydrogen (secondary N) is 1. The van der Waals surface area contributed by atoms with E-state index in [1.165, 1.54) is 48.5 Å². The smallest absolute Gasteiger partial charge is 0.254 e. The molecule has 0 bridgehead atoms. The number of aryl methyl sites for hydroxylation is 1. The molecule has 3 amide bonds. The van der Waals surface area contributed by atoms with Crippen LogP contribution in [0.3, 0.4) is 0 Å². The van der Waals surface area contributed by atoms with Crippen molar-refractivity contribution in [2.24, 2.45) is 5.92 Å². The maximum atomic E-state index is 13.6. The van der Waals surface area contributed by atoms with Crippen molar-refractivity contribution in [1.82, 2.24) is 15.1 Å². The number of hydrogen-bond acceptors (Lipinski definition) is 3. The van der Waals surface area contributed by atoms with Gasteiger partial charge in [0.25, 0.3) is 11.8 Å². The molecule has 8 heteroatoms. The molecule has 0 radical (unpaired) electrons.